The van der Waals surface area contributed by atoms with Crippen molar-refractivity contribution >= 4 is 37.6 Å². The molecule has 1 saturated carbocycles. The van der Waals surface area contributed by atoms with Crippen molar-refractivity contribution in [2.24, 2.45) is 0 Å². The first kappa shape index (κ1) is 18.9. The van der Waals surface area contributed by atoms with Crippen molar-refractivity contribution in [3.63, 3.8) is 0 Å². The Hall–Kier alpha value is -0.880. The van der Waals surface area contributed by atoms with E-state index in [2.05, 4.69) is 15.9 Å². The number of sulfonamides is 1. The fourth-order valence-electron chi connectivity index (χ4n) is 3.35. The lowest BCUT2D eigenvalue weighted by molar-refractivity contribution is 0.247. The molecule has 0 saturated heterocycles. The highest BCUT2D eigenvalue weighted by atomic mass is 79.9. The second-order valence-electron chi connectivity index (χ2n) is 6.40. The first-order valence-electron chi connectivity index (χ1n) is 8.49. The van der Waals surface area contributed by atoms with Crippen LogP contribution in [0.15, 0.2) is 57.9 Å². The highest BCUT2D eigenvalue weighted by Gasteiger charge is 2.33. The molecule has 1 aliphatic rings. The first-order chi connectivity index (χ1) is 12.0. The molecule has 0 aliphatic heterocycles. The molecule has 0 unspecified atom stereocenters. The molecule has 0 aromatic heterocycles. The third-order valence-electron chi connectivity index (χ3n) is 4.64. The summed E-state index contributed by atoms with van der Waals surface area (Å²) in [7, 11) is -3.67. The predicted molar refractivity (Wildman–Crippen MR) is 105 cm³/mol. The molecule has 0 heterocycles. The molecule has 0 bridgehead atoms. The van der Waals surface area contributed by atoms with Gasteiger partial charge in [0.05, 0.1) is 5.02 Å². The minimum atomic E-state index is -3.67. The number of rotatable bonds is 5. The van der Waals surface area contributed by atoms with Gasteiger partial charge in [-0.15, -0.1) is 0 Å². The molecular formula is C19H21BrClNO2S. The van der Waals surface area contributed by atoms with Gasteiger partial charge in [0.25, 0.3) is 0 Å². The number of benzene rings is 2. The van der Waals surface area contributed by atoms with E-state index >= 15 is 0 Å². The second kappa shape index (κ2) is 8.21. The zero-order valence-corrected chi connectivity index (χ0v) is 17.0. The zero-order valence-electron chi connectivity index (χ0n) is 13.9. The highest BCUT2D eigenvalue weighted by molar-refractivity contribution is 9.10. The maximum Gasteiger partial charge on any atom is 0.245 e. The SMILES string of the molecule is O=S(=O)(c1ccc(Br)cc1Cl)N(Cc1ccccc1)C1CCCCC1. The van der Waals surface area contributed by atoms with Gasteiger partial charge in [-0.1, -0.05) is 77.1 Å². The van der Waals surface area contributed by atoms with Crippen LogP contribution in [0.4, 0.5) is 0 Å². The van der Waals surface area contributed by atoms with Crippen molar-refractivity contribution < 1.29 is 8.42 Å². The summed E-state index contributed by atoms with van der Waals surface area (Å²) in [6.07, 6.45) is 5.12. The standard InChI is InChI=1S/C19H21BrClNO2S/c20-16-11-12-19(18(21)13-16)25(23,24)22(17-9-5-2-6-10-17)14-15-7-3-1-4-8-15/h1,3-4,7-8,11-13,17H,2,5-6,9-10,14H2. The van der Waals surface area contributed by atoms with Crippen LogP contribution in [0.1, 0.15) is 37.7 Å². The van der Waals surface area contributed by atoms with E-state index in [4.69, 9.17) is 11.6 Å². The third kappa shape index (κ3) is 4.45. The monoisotopic (exact) mass is 441 g/mol. The summed E-state index contributed by atoms with van der Waals surface area (Å²) in [6.45, 7) is 0.375. The molecule has 0 radical (unpaired) electrons. The lowest BCUT2D eigenvalue weighted by atomic mass is 9.95. The van der Waals surface area contributed by atoms with E-state index < -0.39 is 10.0 Å². The van der Waals surface area contributed by atoms with Crippen LogP contribution in [-0.2, 0) is 16.6 Å². The van der Waals surface area contributed by atoms with E-state index in [9.17, 15) is 8.42 Å². The van der Waals surface area contributed by atoms with Gasteiger partial charge in [-0.2, -0.15) is 4.31 Å². The molecule has 0 N–H and O–H groups in total. The lowest BCUT2D eigenvalue weighted by Crippen LogP contribution is -2.41. The van der Waals surface area contributed by atoms with Crippen LogP contribution in [0, 0.1) is 0 Å². The molecule has 6 heteroatoms. The molecule has 3 nitrogen and oxygen atoms in total. The van der Waals surface area contributed by atoms with Crippen molar-refractivity contribution in [3.05, 3.63) is 63.6 Å². The van der Waals surface area contributed by atoms with Crippen LogP contribution in [0.3, 0.4) is 0 Å². The van der Waals surface area contributed by atoms with Gasteiger partial charge in [0, 0.05) is 17.1 Å². The Morgan fingerprint density at radius 1 is 1.04 bits per heavy atom. The Bertz CT molecular complexity index is 821. The molecule has 0 atom stereocenters. The Kier molecular flexibility index (Phi) is 6.21. The summed E-state index contributed by atoms with van der Waals surface area (Å²) in [5.41, 5.74) is 0.991. The summed E-state index contributed by atoms with van der Waals surface area (Å²) in [5, 5.41) is 0.253. The van der Waals surface area contributed by atoms with Gasteiger partial charge in [-0.05, 0) is 36.6 Å². The molecule has 2 aromatic carbocycles. The van der Waals surface area contributed by atoms with Gasteiger partial charge in [-0.3, -0.25) is 0 Å². The van der Waals surface area contributed by atoms with Gasteiger partial charge in [0.15, 0.2) is 0 Å². The molecule has 25 heavy (non-hydrogen) atoms. The van der Waals surface area contributed by atoms with E-state index in [1.165, 1.54) is 6.42 Å². The Morgan fingerprint density at radius 3 is 2.36 bits per heavy atom. The molecular weight excluding hydrogens is 422 g/mol. The van der Waals surface area contributed by atoms with Gasteiger partial charge < -0.3 is 0 Å². The number of nitrogens with zero attached hydrogens (tertiary/aromatic N) is 1. The maximum absolute atomic E-state index is 13.4. The normalized spacial score (nSPS) is 16.3. The average molecular weight is 443 g/mol. The summed E-state index contributed by atoms with van der Waals surface area (Å²) < 4.78 is 29.2. The third-order valence-corrected chi connectivity index (χ3v) is 7.52. The van der Waals surface area contributed by atoms with Crippen molar-refractivity contribution in [3.8, 4) is 0 Å². The van der Waals surface area contributed by atoms with E-state index in [0.29, 0.717) is 6.54 Å². The van der Waals surface area contributed by atoms with Crippen LogP contribution in [0.25, 0.3) is 0 Å². The van der Waals surface area contributed by atoms with E-state index in [1.807, 2.05) is 30.3 Å². The molecule has 0 amide bonds. The topological polar surface area (TPSA) is 37.4 Å². The lowest BCUT2D eigenvalue weighted by Gasteiger charge is -2.33. The average Bonchev–Trinajstić information content (AvgIpc) is 2.61. The van der Waals surface area contributed by atoms with Crippen LogP contribution in [0.2, 0.25) is 5.02 Å². The van der Waals surface area contributed by atoms with Gasteiger partial charge >= 0.3 is 0 Å². The summed E-state index contributed by atoms with van der Waals surface area (Å²) in [4.78, 5) is 0.180. The molecule has 134 valence electrons. The summed E-state index contributed by atoms with van der Waals surface area (Å²) in [5.74, 6) is 0. The zero-order chi connectivity index (χ0) is 17.9. The van der Waals surface area contributed by atoms with E-state index in [-0.39, 0.29) is 16.0 Å². The quantitative estimate of drug-likeness (QED) is 0.602. The Morgan fingerprint density at radius 2 is 1.72 bits per heavy atom. The number of halogens is 2. The van der Waals surface area contributed by atoms with Crippen LogP contribution in [-0.4, -0.2) is 18.8 Å². The van der Waals surface area contributed by atoms with Crippen LogP contribution >= 0.6 is 27.5 Å². The predicted octanol–water partition coefficient (Wildman–Crippen LogP) is 5.63. The minimum absolute atomic E-state index is 0.0265. The van der Waals surface area contributed by atoms with Gasteiger partial charge in [0.1, 0.15) is 4.90 Å². The van der Waals surface area contributed by atoms with E-state index in [1.54, 1.807) is 22.5 Å². The van der Waals surface area contributed by atoms with Crippen molar-refractivity contribution in [2.45, 2.75) is 49.6 Å². The fourth-order valence-corrected chi connectivity index (χ4v) is 6.04. The van der Waals surface area contributed by atoms with E-state index in [0.717, 1.165) is 35.7 Å². The molecule has 3 rings (SSSR count). The molecule has 1 aliphatic carbocycles. The first-order valence-corrected chi connectivity index (χ1v) is 11.1. The summed E-state index contributed by atoms with van der Waals surface area (Å²) >= 11 is 9.60. The number of hydrogen-bond acceptors (Lipinski definition) is 2. The van der Waals surface area contributed by atoms with Crippen LogP contribution < -0.4 is 0 Å². The molecule has 1 fully saturated rings. The van der Waals surface area contributed by atoms with Gasteiger partial charge in [0.2, 0.25) is 10.0 Å². The Labute approximate surface area is 163 Å². The van der Waals surface area contributed by atoms with Crippen LogP contribution in [0.5, 0.6) is 0 Å². The second-order valence-corrected chi connectivity index (χ2v) is 9.58. The summed E-state index contributed by atoms with van der Waals surface area (Å²) in [6, 6.07) is 14.7. The largest absolute Gasteiger partial charge is 0.245 e. The minimum Gasteiger partial charge on any atom is -0.207 e. The molecule has 2 aromatic rings. The Balaban J connectivity index is 1.99. The van der Waals surface area contributed by atoms with Crippen molar-refractivity contribution in [1.82, 2.24) is 4.31 Å². The van der Waals surface area contributed by atoms with Gasteiger partial charge in [-0.25, -0.2) is 8.42 Å². The smallest absolute Gasteiger partial charge is 0.207 e. The van der Waals surface area contributed by atoms with Crippen molar-refractivity contribution in [1.29, 1.82) is 0 Å². The molecule has 0 spiro atoms. The fraction of sp³-hybridized carbons (Fsp3) is 0.368. The van der Waals surface area contributed by atoms with Crippen molar-refractivity contribution in [2.75, 3.05) is 0 Å². The number of hydrogen-bond donors (Lipinski definition) is 0. The highest BCUT2D eigenvalue weighted by Crippen LogP contribution is 2.33. The maximum atomic E-state index is 13.4.